The number of hydrazine groups is 1. The van der Waals surface area contributed by atoms with Gasteiger partial charge < -0.3 is 14.5 Å². The Labute approximate surface area is 214 Å². The molecule has 38 heavy (non-hydrogen) atoms. The number of alkyl halides is 6. The highest BCUT2D eigenvalue weighted by Gasteiger charge is 2.55. The van der Waals surface area contributed by atoms with Crippen molar-refractivity contribution in [3.05, 3.63) is 18.0 Å². The molecule has 0 spiro atoms. The second kappa shape index (κ2) is 11.2. The SMILES string of the molecule is CN(C(=O)COC[C@@H]1CCN1C1CNNC(=O)C1C(F)(F)F)C1CCN(c2ncc(C(F)(F)F)cn2)CC1. The number of likely N-dealkylation sites (tertiary alicyclic amines) is 1. The van der Waals surface area contributed by atoms with Crippen LogP contribution in [0.4, 0.5) is 32.3 Å². The number of ether oxygens (including phenoxy) is 1. The van der Waals surface area contributed by atoms with Gasteiger partial charge in [-0.25, -0.2) is 15.4 Å². The Balaban J connectivity index is 1.21. The predicted octanol–water partition coefficient (Wildman–Crippen LogP) is 1.20. The zero-order valence-electron chi connectivity index (χ0n) is 20.6. The van der Waals surface area contributed by atoms with Crippen molar-refractivity contribution >= 4 is 17.8 Å². The topological polar surface area (TPSA) is 103 Å². The summed E-state index contributed by atoms with van der Waals surface area (Å²) >= 11 is 0. The molecule has 16 heteroatoms. The fourth-order valence-corrected chi connectivity index (χ4v) is 5.04. The van der Waals surface area contributed by atoms with Gasteiger partial charge in [0.1, 0.15) is 6.61 Å². The summed E-state index contributed by atoms with van der Waals surface area (Å²) in [6.45, 7) is 1.07. The van der Waals surface area contributed by atoms with Gasteiger partial charge in [0.15, 0.2) is 5.92 Å². The normalized spacial score (nSPS) is 25.6. The molecule has 0 aromatic carbocycles. The monoisotopic (exact) mass is 553 g/mol. The van der Waals surface area contributed by atoms with Gasteiger partial charge in [-0.05, 0) is 19.3 Å². The summed E-state index contributed by atoms with van der Waals surface area (Å²) in [5.41, 5.74) is 3.62. The molecule has 4 heterocycles. The van der Waals surface area contributed by atoms with E-state index < -0.39 is 35.8 Å². The summed E-state index contributed by atoms with van der Waals surface area (Å²) in [5, 5.41) is 0. The number of nitrogens with zero attached hydrogens (tertiary/aromatic N) is 5. The molecule has 3 atom stereocenters. The van der Waals surface area contributed by atoms with Crippen LogP contribution < -0.4 is 15.8 Å². The molecule has 212 valence electrons. The molecule has 1 aromatic heterocycles. The number of carbonyl (C=O) groups excluding carboxylic acids is 2. The van der Waals surface area contributed by atoms with E-state index in [1.807, 2.05) is 5.43 Å². The zero-order chi connectivity index (χ0) is 27.7. The van der Waals surface area contributed by atoms with Crippen LogP contribution in [-0.2, 0) is 20.5 Å². The molecular formula is C22H29F6N7O3. The van der Waals surface area contributed by atoms with E-state index in [2.05, 4.69) is 15.4 Å². The van der Waals surface area contributed by atoms with E-state index in [1.165, 1.54) is 0 Å². The van der Waals surface area contributed by atoms with Crippen molar-refractivity contribution in [3.8, 4) is 0 Å². The van der Waals surface area contributed by atoms with Crippen molar-refractivity contribution in [2.45, 2.75) is 49.7 Å². The molecule has 4 rings (SSSR count). The third kappa shape index (κ3) is 6.29. The minimum Gasteiger partial charge on any atom is -0.370 e. The molecular weight excluding hydrogens is 524 g/mol. The second-order valence-electron chi connectivity index (χ2n) is 9.64. The number of carbonyl (C=O) groups is 2. The van der Waals surface area contributed by atoms with Crippen LogP contribution in [0.1, 0.15) is 24.8 Å². The van der Waals surface area contributed by atoms with Gasteiger partial charge in [0, 0.05) is 63.7 Å². The molecule has 1 aromatic rings. The zero-order valence-corrected chi connectivity index (χ0v) is 20.6. The maximum atomic E-state index is 13.4. The number of halogens is 6. The van der Waals surface area contributed by atoms with E-state index in [0.717, 1.165) is 12.4 Å². The van der Waals surface area contributed by atoms with Crippen molar-refractivity contribution < 1.29 is 40.7 Å². The fraction of sp³-hybridized carbons (Fsp3) is 0.727. The van der Waals surface area contributed by atoms with Crippen LogP contribution in [0.2, 0.25) is 0 Å². The molecule has 3 aliphatic rings. The Kier molecular flexibility index (Phi) is 8.32. The minimum atomic E-state index is -4.68. The van der Waals surface area contributed by atoms with Crippen LogP contribution in [0.15, 0.2) is 12.4 Å². The van der Waals surface area contributed by atoms with Crippen LogP contribution in [0.3, 0.4) is 0 Å². The molecule has 0 saturated carbocycles. The predicted molar refractivity (Wildman–Crippen MR) is 120 cm³/mol. The molecule has 3 aliphatic heterocycles. The summed E-state index contributed by atoms with van der Waals surface area (Å²) in [4.78, 5) is 37.0. The Morgan fingerprint density at radius 1 is 1.11 bits per heavy atom. The van der Waals surface area contributed by atoms with E-state index in [9.17, 15) is 35.9 Å². The highest BCUT2D eigenvalue weighted by molar-refractivity contribution is 5.80. The van der Waals surface area contributed by atoms with E-state index in [0.29, 0.717) is 38.9 Å². The number of aromatic nitrogens is 2. The quantitative estimate of drug-likeness (QED) is 0.486. The van der Waals surface area contributed by atoms with Gasteiger partial charge in [-0.2, -0.15) is 26.3 Å². The minimum absolute atomic E-state index is 0.0513. The number of likely N-dealkylation sites (N-methyl/N-ethyl adjacent to an activating group) is 1. The number of hydrogen-bond acceptors (Lipinski definition) is 8. The van der Waals surface area contributed by atoms with Crippen molar-refractivity contribution in [1.29, 1.82) is 0 Å². The average Bonchev–Trinajstić information content (AvgIpc) is 2.84. The van der Waals surface area contributed by atoms with Crippen molar-refractivity contribution in [1.82, 2.24) is 30.6 Å². The molecule has 0 radical (unpaired) electrons. The highest BCUT2D eigenvalue weighted by Crippen LogP contribution is 2.36. The lowest BCUT2D eigenvalue weighted by molar-refractivity contribution is -0.207. The van der Waals surface area contributed by atoms with E-state index in [4.69, 9.17) is 4.74 Å². The van der Waals surface area contributed by atoms with Gasteiger partial charge in [-0.3, -0.25) is 19.9 Å². The first kappa shape index (κ1) is 28.3. The number of anilines is 1. The van der Waals surface area contributed by atoms with Crippen LogP contribution in [-0.4, -0.2) is 102 Å². The molecule has 2 unspecified atom stereocenters. The summed E-state index contributed by atoms with van der Waals surface area (Å²) < 4.78 is 84.0. The fourth-order valence-electron chi connectivity index (χ4n) is 5.04. The molecule has 10 nitrogen and oxygen atoms in total. The number of piperidine rings is 1. The number of hydrogen-bond donors (Lipinski definition) is 2. The summed E-state index contributed by atoms with van der Waals surface area (Å²) in [7, 11) is 1.64. The Morgan fingerprint density at radius 3 is 2.32 bits per heavy atom. The number of rotatable bonds is 7. The smallest absolute Gasteiger partial charge is 0.370 e. The lowest BCUT2D eigenvalue weighted by atomic mass is 9.89. The van der Waals surface area contributed by atoms with E-state index in [-0.39, 0.29) is 43.7 Å². The van der Waals surface area contributed by atoms with Crippen molar-refractivity contribution in [2.75, 3.05) is 51.3 Å². The molecule has 3 fully saturated rings. The Morgan fingerprint density at radius 2 is 1.76 bits per heavy atom. The molecule has 3 saturated heterocycles. The molecule has 2 amide bonds. The number of amides is 2. The second-order valence-corrected chi connectivity index (χ2v) is 9.64. The van der Waals surface area contributed by atoms with Gasteiger partial charge in [-0.1, -0.05) is 0 Å². The van der Waals surface area contributed by atoms with Crippen molar-refractivity contribution in [2.24, 2.45) is 5.92 Å². The van der Waals surface area contributed by atoms with Gasteiger partial charge >= 0.3 is 12.4 Å². The molecule has 0 bridgehead atoms. The molecule has 0 aliphatic carbocycles. The van der Waals surface area contributed by atoms with E-state index in [1.54, 1.807) is 21.7 Å². The van der Waals surface area contributed by atoms with Crippen molar-refractivity contribution in [3.63, 3.8) is 0 Å². The van der Waals surface area contributed by atoms with Gasteiger partial charge in [0.05, 0.1) is 12.2 Å². The first-order valence-corrected chi connectivity index (χ1v) is 12.2. The maximum absolute atomic E-state index is 13.4. The lowest BCUT2D eigenvalue weighted by Gasteiger charge is -2.49. The number of nitrogens with one attached hydrogen (secondary N) is 2. The summed E-state index contributed by atoms with van der Waals surface area (Å²) in [6.07, 6.45) is -6.00. The first-order valence-electron chi connectivity index (χ1n) is 12.2. The Hall–Kier alpha value is -2.72. The van der Waals surface area contributed by atoms with Gasteiger partial charge in [0.25, 0.3) is 0 Å². The largest absolute Gasteiger partial charge is 0.419 e. The van der Waals surface area contributed by atoms with Crippen LogP contribution >= 0.6 is 0 Å². The Bertz CT molecular complexity index is 985. The van der Waals surface area contributed by atoms with Gasteiger partial charge in [-0.15, -0.1) is 0 Å². The van der Waals surface area contributed by atoms with E-state index >= 15 is 0 Å². The van der Waals surface area contributed by atoms with Crippen LogP contribution in [0, 0.1) is 5.92 Å². The summed E-state index contributed by atoms with van der Waals surface area (Å²) in [5.74, 6) is -3.35. The first-order chi connectivity index (χ1) is 17.9. The lowest BCUT2D eigenvalue weighted by Crippen LogP contribution is -2.69. The van der Waals surface area contributed by atoms with Crippen LogP contribution in [0.25, 0.3) is 0 Å². The van der Waals surface area contributed by atoms with Gasteiger partial charge in [0.2, 0.25) is 17.8 Å². The third-order valence-electron chi connectivity index (χ3n) is 7.35. The molecule has 2 N–H and O–H groups in total. The standard InChI is InChI=1S/C22H29F6N7O3/c1-33(14-2-5-34(6-3-14)20-29-8-13(9-30-20)21(23,24)25)17(36)12-38-11-15-4-7-35(15)16-10-31-32-19(37)18(16)22(26,27)28/h8-9,14-16,18,31H,2-7,10-12H2,1H3,(H,32,37)/t15-,16?,18?/m0/s1. The van der Waals surface area contributed by atoms with Crippen LogP contribution in [0.5, 0.6) is 0 Å². The maximum Gasteiger partial charge on any atom is 0.419 e. The highest BCUT2D eigenvalue weighted by atomic mass is 19.4. The summed E-state index contributed by atoms with van der Waals surface area (Å²) in [6, 6.07) is -1.50. The average molecular weight is 554 g/mol. The third-order valence-corrected chi connectivity index (χ3v) is 7.35.